The minimum atomic E-state index is -1.63. The van der Waals surface area contributed by atoms with E-state index in [4.69, 9.17) is 0 Å². The number of Topliss-reactive ketones (excluding diaryl/α,β-unsaturated/α-hetero) is 2. The molecule has 0 heterocycles. The summed E-state index contributed by atoms with van der Waals surface area (Å²) in [5, 5.41) is 21.1. The number of rotatable bonds is 3. The second-order valence-corrected chi connectivity index (χ2v) is 10.9. The number of ketones is 3. The zero-order valence-electron chi connectivity index (χ0n) is 19.2. The van der Waals surface area contributed by atoms with E-state index in [1.54, 1.807) is 18.2 Å². The first-order valence-electron chi connectivity index (χ1n) is 11.9. The molecule has 3 saturated carbocycles. The van der Waals surface area contributed by atoms with E-state index in [0.29, 0.717) is 31.4 Å². The lowest BCUT2D eigenvalue weighted by molar-refractivity contribution is -0.164. The molecule has 0 saturated heterocycles. The number of fused-ring (bicyclic) bond motifs is 5. The quantitative estimate of drug-likeness (QED) is 0.676. The number of aliphatic hydroxyl groups is 1. The molecule has 0 spiro atoms. The molecule has 3 fully saturated rings. The van der Waals surface area contributed by atoms with Gasteiger partial charge >= 0.3 is 0 Å². The lowest BCUT2D eigenvalue weighted by Crippen LogP contribution is -2.60. The number of aliphatic imine (C=N–C) groups is 1. The van der Waals surface area contributed by atoms with Crippen LogP contribution in [0.15, 0.2) is 40.9 Å². The van der Waals surface area contributed by atoms with E-state index in [9.17, 15) is 24.6 Å². The van der Waals surface area contributed by atoms with E-state index in [2.05, 4.69) is 11.9 Å². The fraction of sp³-hybridized carbons (Fsp3) is 0.556. The van der Waals surface area contributed by atoms with Crippen LogP contribution in [0.1, 0.15) is 58.8 Å². The van der Waals surface area contributed by atoms with Gasteiger partial charge in [0.05, 0.1) is 11.9 Å². The molecule has 4 aliphatic carbocycles. The number of hydrogen-bond acceptors (Lipinski definition) is 6. The molecule has 0 unspecified atom stereocenters. The fourth-order valence-electron chi connectivity index (χ4n) is 7.57. The van der Waals surface area contributed by atoms with Crippen LogP contribution in [0.25, 0.3) is 0 Å². The van der Waals surface area contributed by atoms with Crippen LogP contribution in [0.2, 0.25) is 0 Å². The minimum absolute atomic E-state index is 0.0761. The van der Waals surface area contributed by atoms with Gasteiger partial charge in [0.25, 0.3) is 0 Å². The average Bonchev–Trinajstić information content (AvgIpc) is 3.04. The van der Waals surface area contributed by atoms with E-state index in [0.717, 1.165) is 18.4 Å². The van der Waals surface area contributed by atoms with Gasteiger partial charge in [0.15, 0.2) is 5.78 Å². The monoisotopic (exact) mass is 449 g/mol. The molecule has 4 aliphatic rings. The van der Waals surface area contributed by atoms with Crippen LogP contribution >= 0.6 is 0 Å². The van der Waals surface area contributed by atoms with Crippen LogP contribution in [0.5, 0.6) is 5.75 Å². The number of hydrogen-bond donors (Lipinski definition) is 2. The normalized spacial score (nSPS) is 40.2. The molecule has 0 amide bonds. The van der Waals surface area contributed by atoms with Crippen molar-refractivity contribution in [3.05, 3.63) is 35.9 Å². The van der Waals surface area contributed by atoms with Gasteiger partial charge < -0.3 is 10.2 Å². The third-order valence-electron chi connectivity index (χ3n) is 9.39. The van der Waals surface area contributed by atoms with Gasteiger partial charge in [-0.25, -0.2) is 0 Å². The van der Waals surface area contributed by atoms with Crippen LogP contribution in [0.3, 0.4) is 0 Å². The summed E-state index contributed by atoms with van der Waals surface area (Å²) in [6.45, 7) is 4.04. The van der Waals surface area contributed by atoms with Crippen molar-refractivity contribution in [3.8, 4) is 5.75 Å². The molecule has 2 N–H and O–H groups in total. The number of benzene rings is 1. The summed E-state index contributed by atoms with van der Waals surface area (Å²) in [5.74, 6) is -0.0337. The number of phenolic OH excluding ortho intramolecular Hbond substituents is 1. The Labute approximate surface area is 193 Å². The zero-order valence-corrected chi connectivity index (χ0v) is 19.2. The summed E-state index contributed by atoms with van der Waals surface area (Å²) in [5.41, 5.74) is -1.12. The van der Waals surface area contributed by atoms with Crippen LogP contribution in [0, 0.1) is 28.6 Å². The molecule has 0 aromatic heterocycles. The predicted molar refractivity (Wildman–Crippen MR) is 123 cm³/mol. The highest BCUT2D eigenvalue weighted by atomic mass is 16.3. The smallest absolute Gasteiger partial charge is 0.205 e. The molecular weight excluding hydrogens is 418 g/mol. The molecule has 5 rings (SSSR count). The minimum Gasteiger partial charge on any atom is -0.508 e. The van der Waals surface area contributed by atoms with Crippen LogP contribution < -0.4 is 0 Å². The van der Waals surface area contributed by atoms with Crippen molar-refractivity contribution in [2.24, 2.45) is 33.6 Å². The van der Waals surface area contributed by atoms with Crippen molar-refractivity contribution >= 4 is 29.3 Å². The first-order valence-corrected chi connectivity index (χ1v) is 11.9. The maximum Gasteiger partial charge on any atom is 0.205 e. The first kappa shape index (κ1) is 22.2. The Kier molecular flexibility index (Phi) is 5.02. The van der Waals surface area contributed by atoms with E-state index < -0.39 is 16.8 Å². The van der Waals surface area contributed by atoms with Gasteiger partial charge in [0.2, 0.25) is 5.78 Å². The SMILES string of the molecule is C[C@]12CCC(=O)C=C1CC[C@@H]1[C@@H]2C(=O)C[C@@]2(C)[C@H]1CC[C@]2(O)C(=O)C=Nc1ccc(O)cc1. The van der Waals surface area contributed by atoms with Crippen LogP contribution in [-0.2, 0) is 14.4 Å². The van der Waals surface area contributed by atoms with Crippen molar-refractivity contribution in [1.82, 2.24) is 0 Å². The molecule has 1 aromatic rings. The molecule has 0 bridgehead atoms. The molecule has 6 heteroatoms. The summed E-state index contributed by atoms with van der Waals surface area (Å²) < 4.78 is 0. The molecular formula is C27H31NO5. The van der Waals surface area contributed by atoms with E-state index in [1.165, 1.54) is 18.3 Å². The van der Waals surface area contributed by atoms with Gasteiger partial charge in [-0.2, -0.15) is 0 Å². The van der Waals surface area contributed by atoms with Gasteiger partial charge in [-0.15, -0.1) is 0 Å². The summed E-state index contributed by atoms with van der Waals surface area (Å²) >= 11 is 0. The topological polar surface area (TPSA) is 104 Å². The van der Waals surface area contributed by atoms with Crippen molar-refractivity contribution in [2.45, 2.75) is 64.4 Å². The van der Waals surface area contributed by atoms with Crippen molar-refractivity contribution in [3.63, 3.8) is 0 Å². The first-order chi connectivity index (χ1) is 15.6. The molecule has 0 radical (unpaired) electrons. The third kappa shape index (κ3) is 3.17. The summed E-state index contributed by atoms with van der Waals surface area (Å²) in [7, 11) is 0. The molecule has 6 atom stereocenters. The average molecular weight is 450 g/mol. The van der Waals surface area contributed by atoms with E-state index >= 15 is 0 Å². The number of allylic oxidation sites excluding steroid dienone is 1. The Morgan fingerprint density at radius 3 is 2.55 bits per heavy atom. The Balaban J connectivity index is 1.44. The van der Waals surface area contributed by atoms with E-state index in [1.807, 2.05) is 6.92 Å². The summed E-state index contributed by atoms with van der Waals surface area (Å²) in [6, 6.07) is 6.17. The molecule has 33 heavy (non-hydrogen) atoms. The molecule has 174 valence electrons. The van der Waals surface area contributed by atoms with E-state index in [-0.39, 0.29) is 46.9 Å². The Bertz CT molecular complexity index is 1090. The maximum atomic E-state index is 13.6. The second kappa shape index (κ2) is 7.45. The van der Waals surface area contributed by atoms with Crippen molar-refractivity contribution in [1.29, 1.82) is 0 Å². The number of nitrogens with zero attached hydrogens (tertiary/aromatic N) is 1. The Hall–Kier alpha value is -2.60. The fourth-order valence-corrected chi connectivity index (χ4v) is 7.57. The Morgan fingerprint density at radius 1 is 1.09 bits per heavy atom. The third-order valence-corrected chi connectivity index (χ3v) is 9.39. The van der Waals surface area contributed by atoms with Gasteiger partial charge in [-0.3, -0.25) is 19.4 Å². The lowest BCUT2D eigenvalue weighted by atomic mass is 9.46. The number of carbonyl (C=O) groups is 3. The highest BCUT2D eigenvalue weighted by Crippen LogP contribution is 2.66. The van der Waals surface area contributed by atoms with Gasteiger partial charge in [-0.05, 0) is 79.7 Å². The predicted octanol–water partition coefficient (Wildman–Crippen LogP) is 4.11. The van der Waals surface area contributed by atoms with Crippen LogP contribution in [-0.4, -0.2) is 39.4 Å². The molecule has 6 nitrogen and oxygen atoms in total. The second-order valence-electron chi connectivity index (χ2n) is 10.9. The highest BCUT2D eigenvalue weighted by Gasteiger charge is 2.68. The van der Waals surface area contributed by atoms with Crippen molar-refractivity contribution < 1.29 is 24.6 Å². The maximum absolute atomic E-state index is 13.6. The lowest BCUT2D eigenvalue weighted by Gasteiger charge is -2.57. The zero-order chi connectivity index (χ0) is 23.6. The Morgan fingerprint density at radius 2 is 1.82 bits per heavy atom. The molecule has 1 aromatic carbocycles. The van der Waals surface area contributed by atoms with Crippen LogP contribution in [0.4, 0.5) is 5.69 Å². The highest BCUT2D eigenvalue weighted by molar-refractivity contribution is 6.32. The summed E-state index contributed by atoms with van der Waals surface area (Å²) in [6.07, 6.45) is 6.95. The standard InChI is InChI=1S/C27H31NO5/c1-25-11-9-19(30)13-16(25)3-8-20-21-10-12-27(33,26(21,2)14-22(31)24(20)25)23(32)15-28-17-4-6-18(29)7-5-17/h4-7,13,15,20-21,24,29,33H,3,8-12,14H2,1-2H3/t20-,21-,24+,25-,26-,27-/m0/s1. The summed E-state index contributed by atoms with van der Waals surface area (Å²) in [4.78, 5) is 43.1. The van der Waals surface area contributed by atoms with Gasteiger partial charge in [-0.1, -0.05) is 19.4 Å². The van der Waals surface area contributed by atoms with Gasteiger partial charge in [0, 0.05) is 24.2 Å². The van der Waals surface area contributed by atoms with Crippen molar-refractivity contribution in [2.75, 3.05) is 0 Å². The number of carbonyl (C=O) groups excluding carboxylic acids is 3. The van der Waals surface area contributed by atoms with Gasteiger partial charge in [0.1, 0.15) is 17.1 Å². The number of aromatic hydroxyl groups is 1. The largest absolute Gasteiger partial charge is 0.508 e. The molecule has 0 aliphatic heterocycles. The number of phenols is 1.